The van der Waals surface area contributed by atoms with Crippen LogP contribution in [0.2, 0.25) is 0 Å². The standard InChI is InChI=1S/C19H21FN4O3S/c1-24(10-18(26)22-14-8-6-13(20)7-9-14)11-19(27)23-15-4-2-3-5-16(15)28-12-17(21)25/h2-9H,10-12H2,1H3,(H2,21,25)(H,22,26)(H,23,27). The summed E-state index contributed by atoms with van der Waals surface area (Å²) < 4.78 is 12.9. The molecule has 0 heterocycles. The Bertz CT molecular complexity index is 845. The molecule has 3 amide bonds. The number of amides is 3. The highest BCUT2D eigenvalue weighted by Gasteiger charge is 2.13. The molecule has 2 rings (SSSR count). The molecule has 0 saturated heterocycles. The smallest absolute Gasteiger partial charge is 0.238 e. The van der Waals surface area contributed by atoms with Crippen molar-refractivity contribution in [3.05, 3.63) is 54.3 Å². The second-order valence-corrected chi connectivity index (χ2v) is 7.04. The Morgan fingerprint density at radius 3 is 2.25 bits per heavy atom. The number of benzene rings is 2. The zero-order valence-corrected chi connectivity index (χ0v) is 16.1. The first-order chi connectivity index (χ1) is 13.3. The van der Waals surface area contributed by atoms with E-state index >= 15 is 0 Å². The first-order valence-electron chi connectivity index (χ1n) is 8.37. The second kappa shape index (κ2) is 10.4. The Balaban J connectivity index is 1.84. The summed E-state index contributed by atoms with van der Waals surface area (Å²) in [5.74, 6) is -1.35. The van der Waals surface area contributed by atoms with Gasteiger partial charge < -0.3 is 16.4 Å². The number of nitrogens with one attached hydrogen (secondary N) is 2. The molecule has 0 saturated carbocycles. The molecule has 0 aliphatic carbocycles. The van der Waals surface area contributed by atoms with Crippen LogP contribution in [-0.2, 0) is 14.4 Å². The number of likely N-dealkylation sites (N-methyl/N-ethyl adjacent to an activating group) is 1. The summed E-state index contributed by atoms with van der Waals surface area (Å²) in [4.78, 5) is 37.5. The molecular formula is C19H21FN4O3S. The number of anilines is 2. The van der Waals surface area contributed by atoms with Gasteiger partial charge in [-0.05, 0) is 43.4 Å². The minimum atomic E-state index is -0.446. The second-order valence-electron chi connectivity index (χ2n) is 6.03. The normalized spacial score (nSPS) is 10.5. The van der Waals surface area contributed by atoms with Gasteiger partial charge in [-0.2, -0.15) is 0 Å². The Morgan fingerprint density at radius 1 is 1.00 bits per heavy atom. The summed E-state index contributed by atoms with van der Waals surface area (Å²) in [5, 5.41) is 5.40. The molecule has 2 aromatic rings. The van der Waals surface area contributed by atoms with Crippen LogP contribution in [-0.4, -0.2) is 48.5 Å². The van der Waals surface area contributed by atoms with Gasteiger partial charge >= 0.3 is 0 Å². The van der Waals surface area contributed by atoms with Crippen LogP contribution in [0.1, 0.15) is 0 Å². The monoisotopic (exact) mass is 404 g/mol. The highest BCUT2D eigenvalue weighted by Crippen LogP contribution is 2.26. The van der Waals surface area contributed by atoms with E-state index in [4.69, 9.17) is 5.73 Å². The number of thioether (sulfide) groups is 1. The highest BCUT2D eigenvalue weighted by molar-refractivity contribution is 8.00. The van der Waals surface area contributed by atoms with E-state index < -0.39 is 5.91 Å². The zero-order chi connectivity index (χ0) is 20.5. The summed E-state index contributed by atoms with van der Waals surface area (Å²) in [6.07, 6.45) is 0. The lowest BCUT2D eigenvalue weighted by Gasteiger charge is -2.17. The summed E-state index contributed by atoms with van der Waals surface area (Å²) in [6, 6.07) is 12.5. The summed E-state index contributed by atoms with van der Waals surface area (Å²) >= 11 is 1.24. The van der Waals surface area contributed by atoms with Crippen molar-refractivity contribution in [1.29, 1.82) is 0 Å². The predicted molar refractivity (Wildman–Crippen MR) is 108 cm³/mol. The number of para-hydroxylation sites is 1. The fraction of sp³-hybridized carbons (Fsp3) is 0.211. The average Bonchev–Trinajstić information content (AvgIpc) is 2.62. The van der Waals surface area contributed by atoms with E-state index in [2.05, 4.69) is 10.6 Å². The SMILES string of the molecule is CN(CC(=O)Nc1ccc(F)cc1)CC(=O)Nc1ccccc1SCC(N)=O. The summed E-state index contributed by atoms with van der Waals surface area (Å²) in [6.45, 7) is -0.0193. The number of rotatable bonds is 9. The van der Waals surface area contributed by atoms with E-state index in [1.807, 2.05) is 0 Å². The van der Waals surface area contributed by atoms with Crippen molar-refractivity contribution in [2.45, 2.75) is 4.90 Å². The van der Waals surface area contributed by atoms with E-state index in [0.29, 0.717) is 11.4 Å². The number of primary amides is 1. The lowest BCUT2D eigenvalue weighted by atomic mass is 10.3. The maximum absolute atomic E-state index is 12.9. The van der Waals surface area contributed by atoms with Gasteiger partial charge in [0, 0.05) is 10.6 Å². The maximum Gasteiger partial charge on any atom is 0.238 e. The number of nitrogens with two attached hydrogens (primary N) is 1. The van der Waals surface area contributed by atoms with Gasteiger partial charge in [-0.25, -0.2) is 4.39 Å². The van der Waals surface area contributed by atoms with E-state index in [9.17, 15) is 18.8 Å². The number of nitrogens with zero attached hydrogens (tertiary/aromatic N) is 1. The minimum Gasteiger partial charge on any atom is -0.369 e. The van der Waals surface area contributed by atoms with E-state index in [0.717, 1.165) is 4.90 Å². The quantitative estimate of drug-likeness (QED) is 0.554. The van der Waals surface area contributed by atoms with Gasteiger partial charge in [-0.3, -0.25) is 19.3 Å². The van der Waals surface area contributed by atoms with Gasteiger partial charge in [0.25, 0.3) is 0 Å². The van der Waals surface area contributed by atoms with Gasteiger partial charge in [0.05, 0.1) is 24.5 Å². The van der Waals surface area contributed by atoms with Crippen LogP contribution in [0.3, 0.4) is 0 Å². The fourth-order valence-corrected chi connectivity index (χ4v) is 3.06. The molecule has 7 nitrogen and oxygen atoms in total. The van der Waals surface area contributed by atoms with E-state index in [-0.39, 0.29) is 36.5 Å². The highest BCUT2D eigenvalue weighted by atomic mass is 32.2. The van der Waals surface area contributed by atoms with Crippen LogP contribution in [0.15, 0.2) is 53.4 Å². The molecule has 0 aromatic heterocycles. The predicted octanol–water partition coefficient (Wildman–Crippen LogP) is 1.91. The molecule has 2 aromatic carbocycles. The third-order valence-corrected chi connectivity index (χ3v) is 4.58. The maximum atomic E-state index is 12.9. The molecule has 4 N–H and O–H groups in total. The van der Waals surface area contributed by atoms with Crippen LogP contribution >= 0.6 is 11.8 Å². The Labute approximate surface area is 166 Å². The van der Waals surface area contributed by atoms with Crippen molar-refractivity contribution >= 4 is 40.9 Å². The molecule has 0 fully saturated rings. The van der Waals surface area contributed by atoms with Crippen LogP contribution in [0.4, 0.5) is 15.8 Å². The molecule has 0 unspecified atom stereocenters. The first kappa shape index (κ1) is 21.4. The Hall–Kier alpha value is -2.91. The third-order valence-electron chi connectivity index (χ3n) is 3.49. The van der Waals surface area contributed by atoms with Crippen molar-refractivity contribution in [3.63, 3.8) is 0 Å². The molecular weight excluding hydrogens is 383 g/mol. The van der Waals surface area contributed by atoms with E-state index in [1.165, 1.54) is 36.0 Å². The zero-order valence-electron chi connectivity index (χ0n) is 15.3. The number of carbonyl (C=O) groups is 3. The van der Waals surface area contributed by atoms with Crippen LogP contribution in [0, 0.1) is 5.82 Å². The number of carbonyl (C=O) groups excluding carboxylic acids is 3. The largest absolute Gasteiger partial charge is 0.369 e. The summed E-state index contributed by atoms with van der Waals surface area (Å²) in [5.41, 5.74) is 6.20. The topological polar surface area (TPSA) is 105 Å². The van der Waals surface area contributed by atoms with E-state index in [1.54, 1.807) is 36.2 Å². The third kappa shape index (κ3) is 7.37. The van der Waals surface area contributed by atoms with Gasteiger partial charge in [-0.15, -0.1) is 11.8 Å². The van der Waals surface area contributed by atoms with Crippen molar-refractivity contribution in [3.8, 4) is 0 Å². The number of hydrogen-bond acceptors (Lipinski definition) is 5. The van der Waals surface area contributed by atoms with Crippen molar-refractivity contribution < 1.29 is 18.8 Å². The Kier molecular flexibility index (Phi) is 7.97. The van der Waals surface area contributed by atoms with Crippen LogP contribution in [0.25, 0.3) is 0 Å². The molecule has 0 radical (unpaired) electrons. The first-order valence-corrected chi connectivity index (χ1v) is 9.36. The van der Waals surface area contributed by atoms with Crippen LogP contribution in [0.5, 0.6) is 0 Å². The Morgan fingerprint density at radius 2 is 1.61 bits per heavy atom. The molecule has 148 valence electrons. The van der Waals surface area contributed by atoms with Gasteiger partial charge in [-0.1, -0.05) is 12.1 Å². The number of hydrogen-bond donors (Lipinski definition) is 3. The van der Waals surface area contributed by atoms with Crippen molar-refractivity contribution in [2.75, 3.05) is 36.5 Å². The minimum absolute atomic E-state index is 0.00828. The van der Waals surface area contributed by atoms with Crippen molar-refractivity contribution in [2.24, 2.45) is 5.73 Å². The molecule has 0 atom stereocenters. The molecule has 0 aliphatic heterocycles. The van der Waals surface area contributed by atoms with Crippen LogP contribution < -0.4 is 16.4 Å². The van der Waals surface area contributed by atoms with Crippen molar-refractivity contribution in [1.82, 2.24) is 4.90 Å². The van der Waals surface area contributed by atoms with Gasteiger partial charge in [0.15, 0.2) is 0 Å². The van der Waals surface area contributed by atoms with Gasteiger partial charge in [0.2, 0.25) is 17.7 Å². The molecule has 0 bridgehead atoms. The van der Waals surface area contributed by atoms with Gasteiger partial charge in [0.1, 0.15) is 5.82 Å². The lowest BCUT2D eigenvalue weighted by molar-refractivity contribution is -0.119. The molecule has 9 heteroatoms. The summed E-state index contributed by atoms with van der Waals surface area (Å²) in [7, 11) is 1.64. The molecule has 0 aliphatic rings. The fourth-order valence-electron chi connectivity index (χ4n) is 2.31. The lowest BCUT2D eigenvalue weighted by Crippen LogP contribution is -2.36. The molecule has 0 spiro atoms. The molecule has 28 heavy (non-hydrogen) atoms. The average molecular weight is 404 g/mol. The number of halogens is 1.